The average Bonchev–Trinajstić information content (AvgIpc) is 2.25. The van der Waals surface area contributed by atoms with E-state index in [0.29, 0.717) is 0 Å². The molecule has 16 heavy (non-hydrogen) atoms. The smallest absolute Gasteiger partial charge is 0.242 e. The van der Waals surface area contributed by atoms with E-state index in [9.17, 15) is 8.42 Å². The third-order valence-corrected chi connectivity index (χ3v) is 3.70. The highest BCUT2D eigenvalue weighted by Crippen LogP contribution is 2.22. The molecule has 1 aromatic carbocycles. The van der Waals surface area contributed by atoms with Crippen LogP contribution < -0.4 is 4.72 Å². The van der Waals surface area contributed by atoms with Gasteiger partial charge in [-0.3, -0.25) is 0 Å². The Morgan fingerprint density at radius 2 is 2.19 bits per heavy atom. The van der Waals surface area contributed by atoms with Crippen molar-refractivity contribution >= 4 is 21.6 Å². The Hall–Kier alpha value is -1.13. The number of nitriles is 1. The van der Waals surface area contributed by atoms with E-state index in [4.69, 9.17) is 22.0 Å². The van der Waals surface area contributed by atoms with Crippen LogP contribution in [0.1, 0.15) is 5.56 Å². The number of nitrogens with zero attached hydrogens (tertiary/aromatic N) is 1. The molecular weight excluding hydrogens is 252 g/mol. The molecule has 86 valence electrons. The molecule has 0 radical (unpaired) electrons. The molecule has 5 nitrogen and oxygen atoms in total. The quantitative estimate of drug-likeness (QED) is 0.824. The second-order valence-corrected chi connectivity index (χ2v) is 5.02. The molecule has 1 rings (SSSR count). The van der Waals surface area contributed by atoms with Gasteiger partial charge in [-0.15, -0.1) is 0 Å². The minimum absolute atomic E-state index is 0.0236. The number of halogens is 1. The van der Waals surface area contributed by atoms with Crippen LogP contribution in [0.15, 0.2) is 23.1 Å². The Morgan fingerprint density at radius 1 is 1.50 bits per heavy atom. The fraction of sp³-hybridized carbons (Fsp3) is 0.222. The summed E-state index contributed by atoms with van der Waals surface area (Å²) < 4.78 is 25.4. The molecule has 2 N–H and O–H groups in total. The summed E-state index contributed by atoms with van der Waals surface area (Å²) in [6.07, 6.45) is 0. The van der Waals surface area contributed by atoms with Crippen molar-refractivity contribution in [1.29, 1.82) is 5.26 Å². The minimum Gasteiger partial charge on any atom is -0.395 e. The number of hydrogen-bond donors (Lipinski definition) is 2. The lowest BCUT2D eigenvalue weighted by atomic mass is 10.2. The third-order valence-electron chi connectivity index (χ3n) is 1.75. The van der Waals surface area contributed by atoms with Crippen molar-refractivity contribution in [3.63, 3.8) is 0 Å². The Bertz CT molecular complexity index is 522. The number of aliphatic hydroxyl groups excluding tert-OH is 1. The molecule has 0 aromatic heterocycles. The zero-order valence-corrected chi connectivity index (χ0v) is 9.72. The molecule has 0 heterocycles. The van der Waals surface area contributed by atoms with E-state index in [-0.39, 0.29) is 28.6 Å². The first kappa shape index (κ1) is 12.9. The van der Waals surface area contributed by atoms with Crippen LogP contribution in [-0.2, 0) is 10.0 Å². The molecular formula is C9H9ClN2O3S. The second kappa shape index (κ2) is 5.27. The SMILES string of the molecule is N#Cc1ccc(S(=O)(=O)NCCO)c(Cl)c1. The van der Waals surface area contributed by atoms with Crippen LogP contribution in [0.5, 0.6) is 0 Å². The molecule has 1 aromatic rings. The largest absolute Gasteiger partial charge is 0.395 e. The van der Waals surface area contributed by atoms with Gasteiger partial charge in [-0.05, 0) is 18.2 Å². The molecule has 0 aliphatic rings. The number of nitrogens with one attached hydrogen (secondary N) is 1. The maximum Gasteiger partial charge on any atom is 0.242 e. The van der Waals surface area contributed by atoms with Crippen molar-refractivity contribution in [1.82, 2.24) is 4.72 Å². The van der Waals surface area contributed by atoms with E-state index in [1.807, 2.05) is 6.07 Å². The highest BCUT2D eigenvalue weighted by Gasteiger charge is 2.17. The van der Waals surface area contributed by atoms with Crippen molar-refractivity contribution in [2.24, 2.45) is 0 Å². The Kier molecular flexibility index (Phi) is 4.26. The average molecular weight is 261 g/mol. The summed E-state index contributed by atoms with van der Waals surface area (Å²) in [5.41, 5.74) is 0.283. The van der Waals surface area contributed by atoms with Gasteiger partial charge in [0.15, 0.2) is 0 Å². The number of sulfonamides is 1. The van der Waals surface area contributed by atoms with Crippen molar-refractivity contribution in [3.05, 3.63) is 28.8 Å². The van der Waals surface area contributed by atoms with Gasteiger partial charge in [0.25, 0.3) is 0 Å². The molecule has 0 aliphatic heterocycles. The van der Waals surface area contributed by atoms with Crippen molar-refractivity contribution in [3.8, 4) is 6.07 Å². The van der Waals surface area contributed by atoms with E-state index in [1.54, 1.807) is 0 Å². The Balaban J connectivity index is 3.10. The summed E-state index contributed by atoms with van der Waals surface area (Å²) in [6.45, 7) is -0.383. The molecule has 0 saturated heterocycles. The molecule has 0 bridgehead atoms. The third kappa shape index (κ3) is 2.93. The standard InChI is InChI=1S/C9H9ClN2O3S/c10-8-5-7(6-11)1-2-9(8)16(14,15)12-3-4-13/h1-2,5,12-13H,3-4H2. The molecule has 0 saturated carbocycles. The topological polar surface area (TPSA) is 90.2 Å². The Morgan fingerprint density at radius 3 is 2.69 bits per heavy atom. The summed E-state index contributed by atoms with van der Waals surface area (Å²) in [5.74, 6) is 0. The van der Waals surface area contributed by atoms with Crippen LogP contribution >= 0.6 is 11.6 Å². The van der Waals surface area contributed by atoms with Crippen LogP contribution in [0.25, 0.3) is 0 Å². The fourth-order valence-electron chi connectivity index (χ4n) is 1.05. The van der Waals surface area contributed by atoms with Gasteiger partial charge in [-0.1, -0.05) is 11.6 Å². The minimum atomic E-state index is -3.73. The second-order valence-electron chi connectivity index (χ2n) is 2.88. The maximum absolute atomic E-state index is 11.6. The van der Waals surface area contributed by atoms with Crippen LogP contribution in [-0.4, -0.2) is 26.7 Å². The van der Waals surface area contributed by atoms with Gasteiger partial charge in [0.05, 0.1) is 23.3 Å². The zero-order valence-electron chi connectivity index (χ0n) is 8.14. The van der Waals surface area contributed by atoms with Crippen molar-refractivity contribution < 1.29 is 13.5 Å². The lowest BCUT2D eigenvalue weighted by Gasteiger charge is -2.06. The Labute approximate surface area is 98.3 Å². The number of rotatable bonds is 4. The first-order valence-electron chi connectivity index (χ1n) is 4.31. The summed E-state index contributed by atoms with van der Waals surface area (Å²) >= 11 is 5.74. The van der Waals surface area contributed by atoms with Gasteiger partial charge in [-0.2, -0.15) is 5.26 Å². The lowest BCUT2D eigenvalue weighted by molar-refractivity contribution is 0.301. The number of aliphatic hydroxyl groups is 1. The van der Waals surface area contributed by atoms with Gasteiger partial charge in [0, 0.05) is 6.54 Å². The van der Waals surface area contributed by atoms with Crippen molar-refractivity contribution in [2.45, 2.75) is 4.90 Å². The summed E-state index contributed by atoms with van der Waals surface area (Å²) in [5, 5.41) is 17.1. The molecule has 0 fully saturated rings. The van der Waals surface area contributed by atoms with E-state index >= 15 is 0 Å². The van der Waals surface area contributed by atoms with E-state index in [1.165, 1.54) is 18.2 Å². The molecule has 0 unspecified atom stereocenters. The van der Waals surface area contributed by atoms with E-state index < -0.39 is 10.0 Å². The fourth-order valence-corrected chi connectivity index (χ4v) is 2.61. The molecule has 0 spiro atoms. The van der Waals surface area contributed by atoms with Gasteiger partial charge in [0.1, 0.15) is 4.90 Å². The normalized spacial score (nSPS) is 11.1. The highest BCUT2D eigenvalue weighted by atomic mass is 35.5. The summed E-state index contributed by atoms with van der Waals surface area (Å²) in [6, 6.07) is 5.73. The molecule has 0 atom stereocenters. The maximum atomic E-state index is 11.6. The van der Waals surface area contributed by atoms with Gasteiger partial charge >= 0.3 is 0 Å². The van der Waals surface area contributed by atoms with E-state index in [0.717, 1.165) is 0 Å². The van der Waals surface area contributed by atoms with Gasteiger partial charge in [0.2, 0.25) is 10.0 Å². The van der Waals surface area contributed by atoms with Crippen LogP contribution in [0.4, 0.5) is 0 Å². The monoisotopic (exact) mass is 260 g/mol. The van der Waals surface area contributed by atoms with Gasteiger partial charge in [-0.25, -0.2) is 13.1 Å². The molecule has 7 heteroatoms. The van der Waals surface area contributed by atoms with Crippen molar-refractivity contribution in [2.75, 3.05) is 13.2 Å². The highest BCUT2D eigenvalue weighted by molar-refractivity contribution is 7.89. The van der Waals surface area contributed by atoms with Gasteiger partial charge < -0.3 is 5.11 Å². The van der Waals surface area contributed by atoms with Crippen LogP contribution in [0.3, 0.4) is 0 Å². The first-order chi connectivity index (χ1) is 7.51. The lowest BCUT2D eigenvalue weighted by Crippen LogP contribution is -2.26. The van der Waals surface area contributed by atoms with Crippen LogP contribution in [0, 0.1) is 11.3 Å². The molecule has 0 aliphatic carbocycles. The number of benzene rings is 1. The number of hydrogen-bond acceptors (Lipinski definition) is 4. The van der Waals surface area contributed by atoms with Crippen LogP contribution in [0.2, 0.25) is 5.02 Å². The predicted octanol–water partition coefficient (Wildman–Crippen LogP) is 0.482. The summed E-state index contributed by atoms with van der Waals surface area (Å²) in [7, 11) is -3.73. The summed E-state index contributed by atoms with van der Waals surface area (Å²) in [4.78, 5) is -0.110. The molecule has 0 amide bonds. The first-order valence-corrected chi connectivity index (χ1v) is 6.17. The zero-order chi connectivity index (χ0) is 12.2. The predicted molar refractivity (Wildman–Crippen MR) is 58.4 cm³/mol. The van der Waals surface area contributed by atoms with E-state index in [2.05, 4.69) is 4.72 Å².